The van der Waals surface area contributed by atoms with Crippen LogP contribution in [0.3, 0.4) is 0 Å². The average molecular weight is 426 g/mol. The molecular weight excluding hydrogens is 394 g/mol. The minimum absolute atomic E-state index is 0.0762. The summed E-state index contributed by atoms with van der Waals surface area (Å²) in [5.74, 6) is 1.02. The molecule has 2 aromatic rings. The van der Waals surface area contributed by atoms with Crippen molar-refractivity contribution in [3.63, 3.8) is 0 Å². The van der Waals surface area contributed by atoms with Crippen molar-refractivity contribution in [3.8, 4) is 17.0 Å². The Kier molecular flexibility index (Phi) is 6.53. The molecule has 1 aromatic carbocycles. The molecule has 0 radical (unpaired) electrons. The molecular formula is C23H31N5O3. The van der Waals surface area contributed by atoms with E-state index in [-0.39, 0.29) is 23.9 Å². The molecule has 8 heteroatoms. The second-order valence-corrected chi connectivity index (χ2v) is 8.29. The predicted octanol–water partition coefficient (Wildman–Crippen LogP) is 2.91. The van der Waals surface area contributed by atoms with Gasteiger partial charge in [0.25, 0.3) is 0 Å². The van der Waals surface area contributed by atoms with Gasteiger partial charge in [0.05, 0.1) is 18.8 Å². The molecule has 1 unspecified atom stereocenters. The van der Waals surface area contributed by atoms with Crippen LogP contribution in [-0.2, 0) is 9.59 Å². The molecule has 8 nitrogen and oxygen atoms in total. The van der Waals surface area contributed by atoms with Gasteiger partial charge in [0.1, 0.15) is 17.5 Å². The van der Waals surface area contributed by atoms with Crippen LogP contribution in [-0.4, -0.2) is 68.9 Å². The first-order valence-corrected chi connectivity index (χ1v) is 11.3. The first-order valence-electron chi connectivity index (χ1n) is 11.3. The standard InChI is InChI=1S/C23H31N5O3/c1-3-7-22(29)27-13-6-5-8-21(27)23(30)26-14-18(15-26)28-16-20(24-25-28)17-9-11-19(12-10-17)31-4-2/h9-12,16,18,21H,3-8,13-15H2,1-2H3. The summed E-state index contributed by atoms with van der Waals surface area (Å²) < 4.78 is 7.33. The van der Waals surface area contributed by atoms with E-state index >= 15 is 0 Å². The minimum Gasteiger partial charge on any atom is -0.494 e. The fourth-order valence-electron chi connectivity index (χ4n) is 4.33. The Hall–Kier alpha value is -2.90. The van der Waals surface area contributed by atoms with E-state index in [2.05, 4.69) is 10.3 Å². The molecule has 31 heavy (non-hydrogen) atoms. The quantitative estimate of drug-likeness (QED) is 0.681. The fourth-order valence-corrected chi connectivity index (χ4v) is 4.33. The summed E-state index contributed by atoms with van der Waals surface area (Å²) in [6, 6.07) is 7.62. The van der Waals surface area contributed by atoms with Crippen molar-refractivity contribution >= 4 is 11.8 Å². The van der Waals surface area contributed by atoms with Crippen molar-refractivity contribution in [1.29, 1.82) is 0 Å². The van der Waals surface area contributed by atoms with Gasteiger partial charge in [-0.25, -0.2) is 4.68 Å². The summed E-state index contributed by atoms with van der Waals surface area (Å²) in [6.07, 6.45) is 6.00. The Balaban J connectivity index is 1.35. The number of carbonyl (C=O) groups excluding carboxylic acids is 2. The molecule has 0 aliphatic carbocycles. The van der Waals surface area contributed by atoms with E-state index in [9.17, 15) is 9.59 Å². The van der Waals surface area contributed by atoms with Crippen molar-refractivity contribution in [2.24, 2.45) is 0 Å². The highest BCUT2D eigenvalue weighted by molar-refractivity contribution is 5.88. The first kappa shape index (κ1) is 21.3. The van der Waals surface area contributed by atoms with Crippen molar-refractivity contribution < 1.29 is 14.3 Å². The molecule has 2 aliphatic heterocycles. The van der Waals surface area contributed by atoms with Gasteiger partial charge in [-0.1, -0.05) is 12.1 Å². The average Bonchev–Trinajstić information content (AvgIpc) is 3.23. The van der Waals surface area contributed by atoms with Crippen molar-refractivity contribution in [2.45, 2.75) is 58.0 Å². The molecule has 2 aliphatic rings. The molecule has 0 spiro atoms. The van der Waals surface area contributed by atoms with Gasteiger partial charge < -0.3 is 14.5 Å². The Morgan fingerprint density at radius 3 is 2.61 bits per heavy atom. The Morgan fingerprint density at radius 1 is 1.13 bits per heavy atom. The first-order chi connectivity index (χ1) is 15.1. The topological polar surface area (TPSA) is 80.6 Å². The third-order valence-corrected chi connectivity index (χ3v) is 6.09. The molecule has 0 bridgehead atoms. The van der Waals surface area contributed by atoms with Gasteiger partial charge in [-0.2, -0.15) is 0 Å². The number of likely N-dealkylation sites (tertiary alicyclic amines) is 2. The molecule has 1 atom stereocenters. The molecule has 2 amide bonds. The van der Waals surface area contributed by atoms with Crippen LogP contribution in [0.2, 0.25) is 0 Å². The highest BCUT2D eigenvalue weighted by Gasteiger charge is 2.40. The molecule has 3 heterocycles. The van der Waals surface area contributed by atoms with Gasteiger partial charge in [0, 0.05) is 31.6 Å². The number of piperidine rings is 1. The number of hydrogen-bond acceptors (Lipinski definition) is 5. The number of nitrogens with zero attached hydrogens (tertiary/aromatic N) is 5. The third-order valence-electron chi connectivity index (χ3n) is 6.09. The summed E-state index contributed by atoms with van der Waals surface area (Å²) in [4.78, 5) is 29.2. The maximum atomic E-state index is 13.1. The van der Waals surface area contributed by atoms with E-state index < -0.39 is 0 Å². The Labute approximate surface area is 183 Å². The van der Waals surface area contributed by atoms with Gasteiger partial charge in [-0.15, -0.1) is 5.10 Å². The highest BCUT2D eigenvalue weighted by Crippen LogP contribution is 2.28. The summed E-state index contributed by atoms with van der Waals surface area (Å²) in [5.41, 5.74) is 1.78. The van der Waals surface area contributed by atoms with E-state index in [4.69, 9.17) is 4.74 Å². The van der Waals surface area contributed by atoms with Crippen LogP contribution in [0.25, 0.3) is 11.3 Å². The van der Waals surface area contributed by atoms with E-state index in [1.165, 1.54) is 0 Å². The lowest BCUT2D eigenvalue weighted by Crippen LogP contribution is -2.59. The van der Waals surface area contributed by atoms with E-state index in [0.717, 1.165) is 42.7 Å². The van der Waals surface area contributed by atoms with Crippen LogP contribution < -0.4 is 4.74 Å². The second kappa shape index (κ2) is 9.49. The number of ether oxygens (including phenoxy) is 1. The van der Waals surface area contributed by atoms with Crippen molar-refractivity contribution in [3.05, 3.63) is 30.5 Å². The SMILES string of the molecule is CCCC(=O)N1CCCCC1C(=O)N1CC(n2cc(-c3ccc(OCC)cc3)nn2)C1. The number of aromatic nitrogens is 3. The highest BCUT2D eigenvalue weighted by atomic mass is 16.5. The largest absolute Gasteiger partial charge is 0.494 e. The normalized spacial score (nSPS) is 19.2. The molecule has 1 aromatic heterocycles. The Bertz CT molecular complexity index is 904. The third kappa shape index (κ3) is 4.57. The zero-order chi connectivity index (χ0) is 21.8. The molecule has 166 valence electrons. The number of hydrogen-bond donors (Lipinski definition) is 0. The molecule has 2 fully saturated rings. The molecule has 4 rings (SSSR count). The lowest BCUT2D eigenvalue weighted by molar-refractivity contribution is -0.151. The van der Waals surface area contributed by atoms with Crippen LogP contribution in [0.4, 0.5) is 0 Å². The number of benzene rings is 1. The van der Waals surface area contributed by atoms with Crippen LogP contribution >= 0.6 is 0 Å². The van der Waals surface area contributed by atoms with Gasteiger partial charge in [0.2, 0.25) is 11.8 Å². The minimum atomic E-state index is -0.302. The summed E-state index contributed by atoms with van der Waals surface area (Å²) >= 11 is 0. The van der Waals surface area contributed by atoms with Crippen LogP contribution in [0.15, 0.2) is 30.5 Å². The zero-order valence-corrected chi connectivity index (χ0v) is 18.4. The van der Waals surface area contributed by atoms with Gasteiger partial charge in [-0.05, 0) is 56.9 Å². The van der Waals surface area contributed by atoms with Crippen molar-refractivity contribution in [2.75, 3.05) is 26.2 Å². The molecule has 0 saturated carbocycles. The lowest BCUT2D eigenvalue weighted by atomic mass is 9.98. The number of rotatable bonds is 7. The fraction of sp³-hybridized carbons (Fsp3) is 0.565. The van der Waals surface area contributed by atoms with Crippen LogP contribution in [0.5, 0.6) is 5.75 Å². The summed E-state index contributed by atoms with van der Waals surface area (Å²) in [6.45, 7) is 6.51. The maximum Gasteiger partial charge on any atom is 0.245 e. The van der Waals surface area contributed by atoms with Gasteiger partial charge in [-0.3, -0.25) is 9.59 Å². The van der Waals surface area contributed by atoms with Crippen LogP contribution in [0, 0.1) is 0 Å². The molecule has 0 N–H and O–H groups in total. The molecule has 2 saturated heterocycles. The monoisotopic (exact) mass is 425 g/mol. The maximum absolute atomic E-state index is 13.1. The van der Waals surface area contributed by atoms with Crippen LogP contribution in [0.1, 0.15) is 52.0 Å². The summed E-state index contributed by atoms with van der Waals surface area (Å²) in [5, 5.41) is 8.58. The van der Waals surface area contributed by atoms with E-state index in [1.807, 2.05) is 58.8 Å². The van der Waals surface area contributed by atoms with Crippen molar-refractivity contribution in [1.82, 2.24) is 24.8 Å². The lowest BCUT2D eigenvalue weighted by Gasteiger charge is -2.44. The predicted molar refractivity (Wildman–Crippen MR) is 117 cm³/mol. The van der Waals surface area contributed by atoms with E-state index in [1.54, 1.807) is 0 Å². The second-order valence-electron chi connectivity index (χ2n) is 8.29. The zero-order valence-electron chi connectivity index (χ0n) is 18.4. The number of carbonyl (C=O) groups is 2. The Morgan fingerprint density at radius 2 is 1.90 bits per heavy atom. The number of amides is 2. The van der Waals surface area contributed by atoms with Gasteiger partial charge >= 0.3 is 0 Å². The smallest absolute Gasteiger partial charge is 0.245 e. The summed E-state index contributed by atoms with van der Waals surface area (Å²) in [7, 11) is 0. The van der Waals surface area contributed by atoms with E-state index in [0.29, 0.717) is 32.7 Å². The van der Waals surface area contributed by atoms with Gasteiger partial charge in [0.15, 0.2) is 0 Å².